The van der Waals surface area contributed by atoms with Crippen LogP contribution >= 0.6 is 0 Å². The standard InChI is InChI=1S/C15H16FN3O/c1-10-5-4-8-18-13(10)9-19-15(20)11-6-3-7-12(16)14(11)17-2/h3-8,17H,9H2,1-2H3,(H,19,20). The number of benzene rings is 1. The van der Waals surface area contributed by atoms with Crippen LogP contribution in [0.3, 0.4) is 0 Å². The van der Waals surface area contributed by atoms with Gasteiger partial charge < -0.3 is 10.6 Å². The molecule has 0 fully saturated rings. The van der Waals surface area contributed by atoms with Crippen LogP contribution in [0.4, 0.5) is 10.1 Å². The van der Waals surface area contributed by atoms with Gasteiger partial charge >= 0.3 is 0 Å². The van der Waals surface area contributed by atoms with Crippen LogP contribution < -0.4 is 10.6 Å². The number of pyridine rings is 1. The molecule has 0 aliphatic rings. The summed E-state index contributed by atoms with van der Waals surface area (Å²) < 4.78 is 13.6. The van der Waals surface area contributed by atoms with E-state index in [0.717, 1.165) is 11.3 Å². The molecule has 20 heavy (non-hydrogen) atoms. The maximum absolute atomic E-state index is 13.6. The topological polar surface area (TPSA) is 54.0 Å². The Morgan fingerprint density at radius 1 is 1.30 bits per heavy atom. The van der Waals surface area contributed by atoms with Crippen molar-refractivity contribution in [3.8, 4) is 0 Å². The summed E-state index contributed by atoms with van der Waals surface area (Å²) in [4.78, 5) is 16.3. The third kappa shape index (κ3) is 2.93. The minimum atomic E-state index is -0.450. The molecule has 1 heterocycles. The molecule has 2 N–H and O–H groups in total. The van der Waals surface area contributed by atoms with Crippen molar-refractivity contribution in [1.82, 2.24) is 10.3 Å². The molecule has 1 aromatic heterocycles. The molecule has 0 saturated carbocycles. The minimum absolute atomic E-state index is 0.197. The van der Waals surface area contributed by atoms with E-state index in [0.29, 0.717) is 6.54 Å². The molecule has 1 aromatic carbocycles. The van der Waals surface area contributed by atoms with Crippen LogP contribution in [-0.4, -0.2) is 17.9 Å². The van der Waals surface area contributed by atoms with Gasteiger partial charge in [0.1, 0.15) is 5.82 Å². The second-order valence-electron chi connectivity index (χ2n) is 4.36. The molecule has 2 aromatic rings. The number of nitrogens with one attached hydrogen (secondary N) is 2. The largest absolute Gasteiger partial charge is 0.385 e. The SMILES string of the molecule is CNc1c(F)cccc1C(=O)NCc1ncccc1C. The summed E-state index contributed by atoms with van der Waals surface area (Å²) in [6, 6.07) is 8.17. The molecule has 0 atom stereocenters. The fourth-order valence-corrected chi connectivity index (χ4v) is 1.93. The first-order valence-electron chi connectivity index (χ1n) is 6.28. The van der Waals surface area contributed by atoms with E-state index < -0.39 is 5.82 Å². The van der Waals surface area contributed by atoms with Crippen molar-refractivity contribution in [2.45, 2.75) is 13.5 Å². The minimum Gasteiger partial charge on any atom is -0.385 e. The maximum Gasteiger partial charge on any atom is 0.253 e. The number of aromatic nitrogens is 1. The van der Waals surface area contributed by atoms with Gasteiger partial charge in [0.2, 0.25) is 0 Å². The van der Waals surface area contributed by atoms with Gasteiger partial charge in [0.05, 0.1) is 23.5 Å². The molecule has 1 amide bonds. The summed E-state index contributed by atoms with van der Waals surface area (Å²) in [5.74, 6) is -0.784. The Morgan fingerprint density at radius 3 is 2.80 bits per heavy atom. The Kier molecular flexibility index (Phi) is 4.30. The normalized spacial score (nSPS) is 10.2. The Labute approximate surface area is 117 Å². The second-order valence-corrected chi connectivity index (χ2v) is 4.36. The van der Waals surface area contributed by atoms with Gasteiger partial charge in [-0.3, -0.25) is 9.78 Å². The average Bonchev–Trinajstić information content (AvgIpc) is 2.46. The molecule has 5 heteroatoms. The third-order valence-corrected chi connectivity index (χ3v) is 3.04. The van der Waals surface area contributed by atoms with Crippen molar-refractivity contribution in [3.63, 3.8) is 0 Å². The summed E-state index contributed by atoms with van der Waals surface area (Å²) in [7, 11) is 1.58. The Bertz CT molecular complexity index is 628. The lowest BCUT2D eigenvalue weighted by atomic mass is 10.1. The Balaban J connectivity index is 2.14. The number of nitrogens with zero attached hydrogens (tertiary/aromatic N) is 1. The highest BCUT2D eigenvalue weighted by atomic mass is 19.1. The molecule has 0 saturated heterocycles. The van der Waals surface area contributed by atoms with Gasteiger partial charge in [-0.15, -0.1) is 0 Å². The van der Waals surface area contributed by atoms with Gasteiger partial charge in [-0.2, -0.15) is 0 Å². The van der Waals surface area contributed by atoms with Gasteiger partial charge in [0, 0.05) is 13.2 Å². The summed E-state index contributed by atoms with van der Waals surface area (Å²) in [5, 5.41) is 5.45. The zero-order chi connectivity index (χ0) is 14.5. The third-order valence-electron chi connectivity index (χ3n) is 3.04. The lowest BCUT2D eigenvalue weighted by Gasteiger charge is -2.11. The highest BCUT2D eigenvalue weighted by Gasteiger charge is 2.14. The molecule has 0 unspecified atom stereocenters. The van der Waals surface area contributed by atoms with E-state index in [1.165, 1.54) is 12.1 Å². The highest BCUT2D eigenvalue weighted by Crippen LogP contribution is 2.19. The van der Waals surface area contributed by atoms with Crippen molar-refractivity contribution < 1.29 is 9.18 Å². The number of rotatable bonds is 4. The van der Waals surface area contributed by atoms with Crippen LogP contribution in [0.2, 0.25) is 0 Å². The van der Waals surface area contributed by atoms with Crippen molar-refractivity contribution in [1.29, 1.82) is 0 Å². The van der Waals surface area contributed by atoms with E-state index in [-0.39, 0.29) is 17.2 Å². The zero-order valence-electron chi connectivity index (χ0n) is 11.4. The lowest BCUT2D eigenvalue weighted by Crippen LogP contribution is -2.25. The number of para-hydroxylation sites is 1. The van der Waals surface area contributed by atoms with Crippen molar-refractivity contribution in [2.75, 3.05) is 12.4 Å². The first-order chi connectivity index (χ1) is 9.63. The number of carbonyl (C=O) groups excluding carboxylic acids is 1. The fourth-order valence-electron chi connectivity index (χ4n) is 1.93. The van der Waals surface area contributed by atoms with Crippen LogP contribution in [-0.2, 0) is 6.54 Å². The molecule has 0 aliphatic heterocycles. The van der Waals surface area contributed by atoms with E-state index in [2.05, 4.69) is 15.6 Å². The van der Waals surface area contributed by atoms with E-state index in [4.69, 9.17) is 0 Å². The number of hydrogen-bond acceptors (Lipinski definition) is 3. The second kappa shape index (κ2) is 6.14. The van der Waals surface area contributed by atoms with Crippen LogP contribution in [0, 0.1) is 12.7 Å². The van der Waals surface area contributed by atoms with Gasteiger partial charge in [-0.05, 0) is 30.7 Å². The van der Waals surface area contributed by atoms with Gasteiger partial charge in [0.15, 0.2) is 0 Å². The van der Waals surface area contributed by atoms with Crippen LogP contribution in [0.25, 0.3) is 0 Å². The number of halogens is 1. The van der Waals surface area contributed by atoms with Gasteiger partial charge in [-0.25, -0.2) is 4.39 Å². The van der Waals surface area contributed by atoms with Gasteiger partial charge in [0.25, 0.3) is 5.91 Å². The molecular formula is C15H16FN3O. The number of anilines is 1. The fraction of sp³-hybridized carbons (Fsp3) is 0.200. The molecule has 4 nitrogen and oxygen atoms in total. The van der Waals surface area contributed by atoms with Crippen molar-refractivity contribution in [3.05, 3.63) is 59.2 Å². The smallest absolute Gasteiger partial charge is 0.253 e. The monoisotopic (exact) mass is 273 g/mol. The van der Waals surface area contributed by atoms with E-state index in [1.54, 1.807) is 19.3 Å². The Hall–Kier alpha value is -2.43. The first kappa shape index (κ1) is 14.0. The predicted octanol–water partition coefficient (Wildman–Crippen LogP) is 2.50. The summed E-state index contributed by atoms with van der Waals surface area (Å²) in [5.41, 5.74) is 2.27. The molecule has 0 radical (unpaired) electrons. The van der Waals surface area contributed by atoms with E-state index >= 15 is 0 Å². The predicted molar refractivity (Wildman–Crippen MR) is 76.1 cm³/mol. The van der Waals surface area contributed by atoms with E-state index in [9.17, 15) is 9.18 Å². The first-order valence-corrected chi connectivity index (χ1v) is 6.28. The molecular weight excluding hydrogens is 257 g/mol. The Morgan fingerprint density at radius 2 is 2.10 bits per heavy atom. The maximum atomic E-state index is 13.6. The van der Waals surface area contributed by atoms with Crippen LogP contribution in [0.5, 0.6) is 0 Å². The molecule has 104 valence electrons. The molecule has 0 aliphatic carbocycles. The summed E-state index contributed by atoms with van der Waals surface area (Å²) in [6.07, 6.45) is 1.68. The van der Waals surface area contributed by atoms with E-state index in [1.807, 2.05) is 19.1 Å². The van der Waals surface area contributed by atoms with Crippen LogP contribution in [0.1, 0.15) is 21.6 Å². The highest BCUT2D eigenvalue weighted by molar-refractivity contribution is 5.99. The quantitative estimate of drug-likeness (QED) is 0.900. The molecule has 0 bridgehead atoms. The summed E-state index contributed by atoms with van der Waals surface area (Å²) >= 11 is 0. The lowest BCUT2D eigenvalue weighted by molar-refractivity contribution is 0.0951. The molecule has 2 rings (SSSR count). The summed E-state index contributed by atoms with van der Waals surface area (Å²) in [6.45, 7) is 2.24. The van der Waals surface area contributed by atoms with Crippen molar-refractivity contribution >= 4 is 11.6 Å². The van der Waals surface area contributed by atoms with Crippen LogP contribution in [0.15, 0.2) is 36.5 Å². The average molecular weight is 273 g/mol. The number of amides is 1. The van der Waals surface area contributed by atoms with Crippen molar-refractivity contribution in [2.24, 2.45) is 0 Å². The van der Waals surface area contributed by atoms with Gasteiger partial charge in [-0.1, -0.05) is 12.1 Å². The zero-order valence-corrected chi connectivity index (χ0v) is 11.4. The number of carbonyl (C=O) groups is 1. The number of hydrogen-bond donors (Lipinski definition) is 2. The number of aryl methyl sites for hydroxylation is 1. The molecule has 0 spiro atoms.